The van der Waals surface area contributed by atoms with Gasteiger partial charge in [-0.25, -0.2) is 0 Å². The maximum atomic E-state index is 12.6. The molecule has 1 amide bonds. The zero-order valence-electron chi connectivity index (χ0n) is 13.7. The summed E-state index contributed by atoms with van der Waals surface area (Å²) in [4.78, 5) is 16.0. The summed E-state index contributed by atoms with van der Waals surface area (Å²) >= 11 is 0. The van der Waals surface area contributed by atoms with Crippen LogP contribution in [-0.4, -0.2) is 21.2 Å². The molecule has 0 spiro atoms. The van der Waals surface area contributed by atoms with Crippen LogP contribution in [0, 0.1) is 6.92 Å². The summed E-state index contributed by atoms with van der Waals surface area (Å²) < 4.78 is 34.6. The first-order valence-corrected chi connectivity index (χ1v) is 8.00. The molecule has 0 fully saturated rings. The number of carbonyl (C=O) groups excluding carboxylic acids is 1. The van der Waals surface area contributed by atoms with Crippen molar-refractivity contribution in [1.82, 2.24) is 20.6 Å². The number of aryl methyl sites for hydroxylation is 2. The van der Waals surface area contributed by atoms with E-state index < -0.39 is 12.3 Å². The zero-order valence-corrected chi connectivity index (χ0v) is 13.7. The number of benzene rings is 1. The van der Waals surface area contributed by atoms with Crippen LogP contribution < -0.4 is 5.32 Å². The van der Waals surface area contributed by atoms with Gasteiger partial charge in [-0.2, -0.15) is 13.8 Å². The van der Waals surface area contributed by atoms with Gasteiger partial charge in [-0.15, -0.1) is 0 Å². The van der Waals surface area contributed by atoms with Crippen LogP contribution in [0.5, 0.6) is 0 Å². The van der Waals surface area contributed by atoms with Gasteiger partial charge in [0.2, 0.25) is 5.82 Å². The average Bonchev–Trinajstić information content (AvgIpc) is 3.34. The topological polar surface area (TPSA) is 94.1 Å². The minimum Gasteiger partial charge on any atom is -0.361 e. The summed E-state index contributed by atoms with van der Waals surface area (Å²) in [6.45, 7) is 1.68. The van der Waals surface area contributed by atoms with E-state index in [0.717, 1.165) is 24.0 Å². The molecular weight excluding hydrogens is 346 g/mol. The molecular formula is C17H14F2N4O3. The van der Waals surface area contributed by atoms with Crippen LogP contribution in [0.15, 0.2) is 33.4 Å². The summed E-state index contributed by atoms with van der Waals surface area (Å²) in [6.07, 6.45) is 0.0753. The van der Waals surface area contributed by atoms with Crippen LogP contribution >= 0.6 is 0 Å². The SMILES string of the molecule is Cc1oncc1C(=O)N[C@@H]1CCc2cc(-c3noc(C(F)F)n3)ccc21. The van der Waals surface area contributed by atoms with Crippen molar-refractivity contribution in [3.63, 3.8) is 0 Å². The smallest absolute Gasteiger partial charge is 0.315 e. The number of hydrogen-bond donors (Lipinski definition) is 1. The number of alkyl halides is 2. The standard InChI is InChI=1S/C17H14F2N4O3/c1-8-12(7-20-25-8)16(24)21-13-5-3-9-6-10(2-4-11(9)13)15-22-17(14(18)19)26-23-15/h2,4,6-7,13-14H,3,5H2,1H3,(H,21,24)/t13-/m1/s1. The molecule has 7 nitrogen and oxygen atoms in total. The predicted molar refractivity (Wildman–Crippen MR) is 84.5 cm³/mol. The lowest BCUT2D eigenvalue weighted by molar-refractivity contribution is 0.0935. The van der Waals surface area contributed by atoms with Crippen LogP contribution in [0.2, 0.25) is 0 Å². The summed E-state index contributed by atoms with van der Waals surface area (Å²) in [7, 11) is 0. The molecule has 0 radical (unpaired) electrons. The van der Waals surface area contributed by atoms with Gasteiger partial charge in [0.25, 0.3) is 11.8 Å². The Morgan fingerprint density at radius 3 is 2.88 bits per heavy atom. The number of carbonyl (C=O) groups is 1. The molecule has 26 heavy (non-hydrogen) atoms. The molecule has 1 atom stereocenters. The Morgan fingerprint density at radius 2 is 2.19 bits per heavy atom. The summed E-state index contributed by atoms with van der Waals surface area (Å²) in [6, 6.07) is 5.28. The molecule has 0 bridgehead atoms. The van der Waals surface area contributed by atoms with E-state index in [1.807, 2.05) is 12.1 Å². The van der Waals surface area contributed by atoms with Crippen molar-refractivity contribution in [3.05, 3.63) is 52.7 Å². The van der Waals surface area contributed by atoms with Crippen molar-refractivity contribution < 1.29 is 22.6 Å². The van der Waals surface area contributed by atoms with Gasteiger partial charge in [0.1, 0.15) is 11.3 Å². The number of aromatic nitrogens is 3. The fraction of sp³-hybridized carbons (Fsp3) is 0.294. The molecule has 1 aromatic carbocycles. The number of rotatable bonds is 4. The number of halogens is 2. The van der Waals surface area contributed by atoms with E-state index >= 15 is 0 Å². The molecule has 1 N–H and O–H groups in total. The molecule has 0 saturated heterocycles. The van der Waals surface area contributed by atoms with Crippen molar-refractivity contribution >= 4 is 5.91 Å². The molecule has 0 saturated carbocycles. The fourth-order valence-corrected chi connectivity index (χ4v) is 3.10. The van der Waals surface area contributed by atoms with Gasteiger partial charge >= 0.3 is 6.43 Å². The second-order valence-electron chi connectivity index (χ2n) is 6.03. The van der Waals surface area contributed by atoms with Gasteiger partial charge in [0.05, 0.1) is 12.2 Å². The van der Waals surface area contributed by atoms with E-state index in [4.69, 9.17) is 4.52 Å². The molecule has 9 heteroatoms. The molecule has 134 valence electrons. The van der Waals surface area contributed by atoms with Crippen LogP contribution in [0.4, 0.5) is 8.78 Å². The molecule has 3 aromatic rings. The quantitative estimate of drug-likeness (QED) is 0.766. The van der Waals surface area contributed by atoms with Gasteiger partial charge in [-0.3, -0.25) is 4.79 Å². The highest BCUT2D eigenvalue weighted by atomic mass is 19.3. The average molecular weight is 360 g/mol. The van der Waals surface area contributed by atoms with Crippen LogP contribution in [0.25, 0.3) is 11.4 Å². The minimum atomic E-state index is -2.80. The Morgan fingerprint density at radius 1 is 1.35 bits per heavy atom. The van der Waals surface area contributed by atoms with Crippen molar-refractivity contribution in [2.45, 2.75) is 32.2 Å². The van der Waals surface area contributed by atoms with E-state index in [1.54, 1.807) is 13.0 Å². The maximum absolute atomic E-state index is 12.6. The molecule has 2 aromatic heterocycles. The van der Waals surface area contributed by atoms with Crippen molar-refractivity contribution in [1.29, 1.82) is 0 Å². The normalized spacial score (nSPS) is 16.1. The van der Waals surface area contributed by atoms with Crippen molar-refractivity contribution in [3.8, 4) is 11.4 Å². The third-order valence-electron chi connectivity index (χ3n) is 4.41. The lowest BCUT2D eigenvalue weighted by Crippen LogP contribution is -2.27. The predicted octanol–water partition coefficient (Wildman–Crippen LogP) is 3.39. The maximum Gasteiger partial charge on any atom is 0.315 e. The summed E-state index contributed by atoms with van der Waals surface area (Å²) in [5, 5.41) is 10.2. The van der Waals surface area contributed by atoms with Gasteiger partial charge < -0.3 is 14.4 Å². The molecule has 1 aliphatic carbocycles. The van der Waals surface area contributed by atoms with Crippen LogP contribution in [0.1, 0.15) is 52.0 Å². The van der Waals surface area contributed by atoms with Crippen molar-refractivity contribution in [2.75, 3.05) is 0 Å². The Kier molecular flexibility index (Phi) is 3.98. The van der Waals surface area contributed by atoms with E-state index in [2.05, 4.69) is 25.1 Å². The Hall–Kier alpha value is -3.10. The lowest BCUT2D eigenvalue weighted by Gasteiger charge is -2.13. The molecule has 1 aliphatic rings. The highest BCUT2D eigenvalue weighted by Crippen LogP contribution is 2.34. The minimum absolute atomic E-state index is 0.121. The van der Waals surface area contributed by atoms with E-state index in [0.29, 0.717) is 16.9 Å². The Bertz CT molecular complexity index is 967. The van der Waals surface area contributed by atoms with Gasteiger partial charge in [0, 0.05) is 5.56 Å². The van der Waals surface area contributed by atoms with E-state index in [-0.39, 0.29) is 17.8 Å². The molecule has 0 unspecified atom stereocenters. The largest absolute Gasteiger partial charge is 0.361 e. The third kappa shape index (κ3) is 2.85. The first-order chi connectivity index (χ1) is 12.5. The second-order valence-corrected chi connectivity index (χ2v) is 6.03. The highest BCUT2D eigenvalue weighted by Gasteiger charge is 2.26. The number of nitrogens with one attached hydrogen (secondary N) is 1. The molecule has 4 rings (SSSR count). The van der Waals surface area contributed by atoms with Crippen LogP contribution in [-0.2, 0) is 6.42 Å². The second kappa shape index (κ2) is 6.32. The van der Waals surface area contributed by atoms with E-state index in [9.17, 15) is 13.6 Å². The first-order valence-electron chi connectivity index (χ1n) is 8.00. The Labute approximate surface area is 146 Å². The van der Waals surface area contributed by atoms with E-state index in [1.165, 1.54) is 6.20 Å². The first kappa shape index (κ1) is 16.4. The van der Waals surface area contributed by atoms with Gasteiger partial charge in [0.15, 0.2) is 0 Å². The van der Waals surface area contributed by atoms with Crippen LogP contribution in [0.3, 0.4) is 0 Å². The van der Waals surface area contributed by atoms with Crippen molar-refractivity contribution in [2.24, 2.45) is 0 Å². The third-order valence-corrected chi connectivity index (χ3v) is 4.41. The summed E-state index contributed by atoms with van der Waals surface area (Å²) in [5.41, 5.74) is 3.00. The van der Waals surface area contributed by atoms with Gasteiger partial charge in [-0.1, -0.05) is 22.4 Å². The number of hydrogen-bond acceptors (Lipinski definition) is 6. The number of nitrogens with zero attached hydrogens (tertiary/aromatic N) is 3. The highest BCUT2D eigenvalue weighted by molar-refractivity contribution is 5.95. The fourth-order valence-electron chi connectivity index (χ4n) is 3.10. The van der Waals surface area contributed by atoms with Gasteiger partial charge in [-0.05, 0) is 37.0 Å². The number of fused-ring (bicyclic) bond motifs is 1. The Balaban J connectivity index is 1.54. The summed E-state index contributed by atoms with van der Waals surface area (Å²) in [5.74, 6) is -0.362. The molecule has 0 aliphatic heterocycles. The number of amides is 1. The lowest BCUT2D eigenvalue weighted by atomic mass is 10.0. The zero-order chi connectivity index (χ0) is 18.3. The monoisotopic (exact) mass is 360 g/mol. The molecule has 2 heterocycles.